The minimum absolute atomic E-state index is 0.609. The summed E-state index contributed by atoms with van der Waals surface area (Å²) in [6.45, 7) is 2.17. The van der Waals surface area contributed by atoms with Crippen LogP contribution in [0, 0.1) is 5.92 Å². The van der Waals surface area contributed by atoms with Crippen LogP contribution in [0.2, 0.25) is 0 Å². The van der Waals surface area contributed by atoms with Gasteiger partial charge in [0.25, 0.3) is 0 Å². The topological polar surface area (TPSA) is 24.9 Å². The molecule has 17 heavy (non-hydrogen) atoms. The summed E-state index contributed by atoms with van der Waals surface area (Å²) in [6.07, 6.45) is 9.76. The maximum atomic E-state index is 4.57. The third kappa shape index (κ3) is 3.29. The molecule has 0 saturated heterocycles. The molecule has 1 fully saturated rings. The second-order valence-corrected chi connectivity index (χ2v) is 5.16. The minimum Gasteiger partial charge on any atom is -0.316 e. The lowest BCUT2D eigenvalue weighted by molar-refractivity contribution is 0.375. The van der Waals surface area contributed by atoms with Crippen LogP contribution in [-0.4, -0.2) is 18.1 Å². The molecule has 94 valence electrons. The lowest BCUT2D eigenvalue weighted by atomic mass is 9.94. The van der Waals surface area contributed by atoms with Crippen LogP contribution in [0.15, 0.2) is 18.3 Å². The number of hydrogen-bond donors (Lipinski definition) is 1. The van der Waals surface area contributed by atoms with Crippen molar-refractivity contribution in [1.82, 2.24) is 10.3 Å². The number of pyridine rings is 1. The van der Waals surface area contributed by atoms with Crippen molar-refractivity contribution in [2.24, 2.45) is 5.92 Å². The van der Waals surface area contributed by atoms with Crippen LogP contribution in [0.1, 0.15) is 43.9 Å². The van der Waals surface area contributed by atoms with Gasteiger partial charge in [0.2, 0.25) is 0 Å². The fourth-order valence-electron chi connectivity index (χ4n) is 2.87. The van der Waals surface area contributed by atoms with Crippen molar-refractivity contribution in [1.29, 1.82) is 0 Å². The molecule has 1 saturated carbocycles. The Balaban J connectivity index is 1.96. The summed E-state index contributed by atoms with van der Waals surface area (Å²) in [5, 5.41) is 3.48. The summed E-state index contributed by atoms with van der Waals surface area (Å²) in [5.41, 5.74) is 2.56. The van der Waals surface area contributed by atoms with Gasteiger partial charge in [0.15, 0.2) is 0 Å². The van der Waals surface area contributed by atoms with Crippen molar-refractivity contribution >= 4 is 0 Å². The van der Waals surface area contributed by atoms with Crippen LogP contribution in [0.4, 0.5) is 0 Å². The number of likely N-dealkylation sites (N-methyl/N-ethyl adjacent to an activating group) is 1. The molecule has 1 aromatic rings. The van der Waals surface area contributed by atoms with Crippen LogP contribution >= 0.6 is 0 Å². The number of aryl methyl sites for hydroxylation is 1. The van der Waals surface area contributed by atoms with Gasteiger partial charge in [-0.2, -0.15) is 0 Å². The number of hydrogen-bond acceptors (Lipinski definition) is 2. The summed E-state index contributed by atoms with van der Waals surface area (Å²) in [4.78, 5) is 4.57. The predicted octanol–water partition coefficient (Wildman–Crippen LogP) is 2.96. The van der Waals surface area contributed by atoms with Gasteiger partial charge in [-0.3, -0.25) is 4.98 Å². The summed E-state index contributed by atoms with van der Waals surface area (Å²) in [5.74, 6) is 0.854. The van der Waals surface area contributed by atoms with Gasteiger partial charge in [-0.15, -0.1) is 0 Å². The second-order valence-electron chi connectivity index (χ2n) is 5.16. The number of nitrogens with one attached hydrogen (secondary N) is 1. The molecule has 1 aliphatic rings. The summed E-state index contributed by atoms with van der Waals surface area (Å²) in [6, 6.07) is 5.01. The standard InChI is InChI=1S/C15H24N2/c1-3-12-8-9-14(17-11-12)10-15(16-2)13-6-4-5-7-13/h8-9,11,13,15-16H,3-7,10H2,1-2H3. The lowest BCUT2D eigenvalue weighted by Crippen LogP contribution is -2.34. The van der Waals surface area contributed by atoms with Gasteiger partial charge in [0.1, 0.15) is 0 Å². The molecule has 2 nitrogen and oxygen atoms in total. The van der Waals surface area contributed by atoms with E-state index in [1.165, 1.54) is 36.9 Å². The third-order valence-corrected chi connectivity index (χ3v) is 4.06. The van der Waals surface area contributed by atoms with Gasteiger partial charge in [0.05, 0.1) is 0 Å². The van der Waals surface area contributed by atoms with Gasteiger partial charge >= 0.3 is 0 Å². The molecule has 1 atom stereocenters. The maximum absolute atomic E-state index is 4.57. The average Bonchev–Trinajstić information content (AvgIpc) is 2.90. The highest BCUT2D eigenvalue weighted by Crippen LogP contribution is 2.28. The summed E-state index contributed by atoms with van der Waals surface area (Å²) >= 11 is 0. The van der Waals surface area contributed by atoms with Gasteiger partial charge < -0.3 is 5.32 Å². The molecule has 2 heteroatoms. The zero-order valence-corrected chi connectivity index (χ0v) is 11.1. The molecular weight excluding hydrogens is 208 g/mol. The molecule has 0 amide bonds. The van der Waals surface area contributed by atoms with Crippen LogP contribution in [0.5, 0.6) is 0 Å². The Kier molecular flexibility index (Phi) is 4.55. The van der Waals surface area contributed by atoms with E-state index in [1.807, 2.05) is 6.20 Å². The summed E-state index contributed by atoms with van der Waals surface area (Å²) < 4.78 is 0. The molecular formula is C15H24N2. The van der Waals surface area contributed by atoms with Crippen molar-refractivity contribution in [3.05, 3.63) is 29.6 Å². The Labute approximate surface area is 105 Å². The van der Waals surface area contributed by atoms with E-state index in [2.05, 4.69) is 36.4 Å². The molecule has 2 rings (SSSR count). The molecule has 1 aromatic heterocycles. The smallest absolute Gasteiger partial charge is 0.0419 e. The molecule has 0 spiro atoms. The van der Waals surface area contributed by atoms with Gasteiger partial charge in [0, 0.05) is 24.4 Å². The van der Waals surface area contributed by atoms with Gasteiger partial charge in [-0.05, 0) is 43.9 Å². The van der Waals surface area contributed by atoms with Crippen molar-refractivity contribution in [2.75, 3.05) is 7.05 Å². The fraction of sp³-hybridized carbons (Fsp3) is 0.667. The zero-order chi connectivity index (χ0) is 12.1. The predicted molar refractivity (Wildman–Crippen MR) is 72.1 cm³/mol. The largest absolute Gasteiger partial charge is 0.316 e. The highest BCUT2D eigenvalue weighted by molar-refractivity contribution is 5.14. The van der Waals surface area contributed by atoms with Crippen LogP contribution in [-0.2, 0) is 12.8 Å². The molecule has 1 heterocycles. The van der Waals surface area contributed by atoms with Crippen LogP contribution in [0.25, 0.3) is 0 Å². The van der Waals surface area contributed by atoms with Gasteiger partial charge in [-0.1, -0.05) is 25.8 Å². The second kappa shape index (κ2) is 6.15. The Hall–Kier alpha value is -0.890. The van der Waals surface area contributed by atoms with Crippen molar-refractivity contribution < 1.29 is 0 Å². The monoisotopic (exact) mass is 232 g/mol. The molecule has 1 unspecified atom stereocenters. The van der Waals surface area contributed by atoms with E-state index in [4.69, 9.17) is 0 Å². The summed E-state index contributed by atoms with van der Waals surface area (Å²) in [7, 11) is 2.09. The first-order valence-corrected chi connectivity index (χ1v) is 6.94. The van der Waals surface area contributed by atoms with Crippen LogP contribution in [0.3, 0.4) is 0 Å². The SMILES string of the molecule is CCc1ccc(CC(NC)C2CCCC2)nc1. The van der Waals surface area contributed by atoms with E-state index < -0.39 is 0 Å². The molecule has 1 aliphatic carbocycles. The first-order valence-electron chi connectivity index (χ1n) is 6.94. The number of rotatable bonds is 5. The molecule has 0 radical (unpaired) electrons. The molecule has 1 N–H and O–H groups in total. The first kappa shape index (κ1) is 12.6. The van der Waals surface area contributed by atoms with E-state index in [1.54, 1.807) is 0 Å². The van der Waals surface area contributed by atoms with Crippen molar-refractivity contribution in [3.8, 4) is 0 Å². The maximum Gasteiger partial charge on any atom is 0.0419 e. The highest BCUT2D eigenvalue weighted by Gasteiger charge is 2.24. The first-order chi connectivity index (χ1) is 8.33. The molecule has 0 aliphatic heterocycles. The quantitative estimate of drug-likeness (QED) is 0.844. The molecule has 0 aromatic carbocycles. The Morgan fingerprint density at radius 3 is 2.65 bits per heavy atom. The third-order valence-electron chi connectivity index (χ3n) is 4.06. The van der Waals surface area contributed by atoms with Gasteiger partial charge in [-0.25, -0.2) is 0 Å². The molecule has 0 bridgehead atoms. The lowest BCUT2D eigenvalue weighted by Gasteiger charge is -2.22. The van der Waals surface area contributed by atoms with Crippen molar-refractivity contribution in [3.63, 3.8) is 0 Å². The zero-order valence-electron chi connectivity index (χ0n) is 11.1. The van der Waals surface area contributed by atoms with Crippen LogP contribution < -0.4 is 5.32 Å². The van der Waals surface area contributed by atoms with E-state index in [9.17, 15) is 0 Å². The van der Waals surface area contributed by atoms with E-state index in [0.29, 0.717) is 6.04 Å². The van der Waals surface area contributed by atoms with E-state index in [0.717, 1.165) is 18.8 Å². The highest BCUT2D eigenvalue weighted by atomic mass is 14.9. The Morgan fingerprint density at radius 1 is 1.35 bits per heavy atom. The number of nitrogens with zero attached hydrogens (tertiary/aromatic N) is 1. The van der Waals surface area contributed by atoms with E-state index in [-0.39, 0.29) is 0 Å². The minimum atomic E-state index is 0.609. The Bertz CT molecular complexity index is 325. The van der Waals surface area contributed by atoms with Crippen molar-refractivity contribution in [2.45, 2.75) is 51.5 Å². The normalized spacial score (nSPS) is 18.5. The van der Waals surface area contributed by atoms with E-state index >= 15 is 0 Å². The number of aromatic nitrogens is 1. The average molecular weight is 232 g/mol. The fourth-order valence-corrected chi connectivity index (χ4v) is 2.87. The Morgan fingerprint density at radius 2 is 2.12 bits per heavy atom.